The molecule has 0 saturated heterocycles. The molecule has 26 heavy (non-hydrogen) atoms. The van der Waals surface area contributed by atoms with Crippen molar-refractivity contribution in [3.8, 4) is 0 Å². The lowest BCUT2D eigenvalue weighted by Crippen LogP contribution is -2.30. The van der Waals surface area contributed by atoms with E-state index in [-0.39, 0.29) is 11.2 Å². The van der Waals surface area contributed by atoms with E-state index in [1.807, 2.05) is 37.3 Å². The van der Waals surface area contributed by atoms with Crippen molar-refractivity contribution in [2.24, 2.45) is 0 Å². The number of carbonyl (C=O) groups is 1. The second kappa shape index (κ2) is 7.76. The molecule has 1 aliphatic carbocycles. The van der Waals surface area contributed by atoms with Gasteiger partial charge in [0.2, 0.25) is 5.91 Å². The summed E-state index contributed by atoms with van der Waals surface area (Å²) in [6, 6.07) is 9.98. The Labute approximate surface area is 161 Å². The molecule has 0 bridgehead atoms. The molecule has 1 atom stereocenters. The second-order valence-electron chi connectivity index (χ2n) is 6.53. The molecule has 0 unspecified atom stereocenters. The van der Waals surface area contributed by atoms with E-state index in [0.717, 1.165) is 28.3 Å². The Morgan fingerprint density at radius 2 is 2.04 bits per heavy atom. The van der Waals surface area contributed by atoms with E-state index in [2.05, 4.69) is 15.3 Å². The van der Waals surface area contributed by atoms with Crippen molar-refractivity contribution in [2.75, 3.05) is 0 Å². The molecule has 0 aliphatic heterocycles. The van der Waals surface area contributed by atoms with Crippen LogP contribution in [-0.4, -0.2) is 21.1 Å². The Balaban J connectivity index is 1.49. The molecule has 4 nitrogen and oxygen atoms in total. The van der Waals surface area contributed by atoms with Crippen LogP contribution in [0, 0.1) is 0 Å². The van der Waals surface area contributed by atoms with E-state index in [4.69, 9.17) is 0 Å². The van der Waals surface area contributed by atoms with Crippen LogP contribution in [0.2, 0.25) is 0 Å². The highest BCUT2D eigenvalue weighted by Crippen LogP contribution is 2.40. The highest BCUT2D eigenvalue weighted by Gasteiger charge is 2.22. The molecule has 0 radical (unpaired) electrons. The summed E-state index contributed by atoms with van der Waals surface area (Å²) < 4.78 is 0. The first-order valence-electron chi connectivity index (χ1n) is 8.96. The molecule has 1 amide bonds. The van der Waals surface area contributed by atoms with Crippen LogP contribution in [0.4, 0.5) is 0 Å². The average Bonchev–Trinajstić information content (AvgIpc) is 3.06. The number of nitrogens with one attached hydrogen (secondary N) is 1. The van der Waals surface area contributed by atoms with Crippen molar-refractivity contribution in [2.45, 2.75) is 49.4 Å². The Hall–Kier alpha value is -1.92. The molecular weight excluding hydrogens is 362 g/mol. The fourth-order valence-corrected chi connectivity index (χ4v) is 5.56. The number of thiophene rings is 1. The SMILES string of the molecule is C[C@H](Sc1ncnc2sc3c(c12)CCCC3)C(=O)NCc1ccccc1. The number of thioether (sulfide) groups is 1. The summed E-state index contributed by atoms with van der Waals surface area (Å²) in [6.07, 6.45) is 6.36. The van der Waals surface area contributed by atoms with Gasteiger partial charge in [0.1, 0.15) is 16.2 Å². The van der Waals surface area contributed by atoms with Gasteiger partial charge in [0.15, 0.2) is 0 Å². The molecule has 1 N–H and O–H groups in total. The number of aryl methyl sites for hydroxylation is 2. The maximum atomic E-state index is 12.5. The van der Waals surface area contributed by atoms with E-state index < -0.39 is 0 Å². The van der Waals surface area contributed by atoms with E-state index >= 15 is 0 Å². The first-order valence-corrected chi connectivity index (χ1v) is 10.7. The third kappa shape index (κ3) is 3.62. The van der Waals surface area contributed by atoms with E-state index in [9.17, 15) is 4.79 Å². The number of aromatic nitrogens is 2. The Kier molecular flexibility index (Phi) is 5.22. The van der Waals surface area contributed by atoms with Crippen molar-refractivity contribution in [1.29, 1.82) is 0 Å². The maximum Gasteiger partial charge on any atom is 0.233 e. The molecule has 1 aliphatic rings. The number of hydrogen-bond donors (Lipinski definition) is 1. The fourth-order valence-electron chi connectivity index (χ4n) is 3.30. The van der Waals surface area contributed by atoms with E-state index in [1.54, 1.807) is 17.7 Å². The average molecular weight is 384 g/mol. The van der Waals surface area contributed by atoms with Gasteiger partial charge in [-0.3, -0.25) is 4.79 Å². The first kappa shape index (κ1) is 17.5. The first-order chi connectivity index (χ1) is 12.7. The van der Waals surface area contributed by atoms with Crippen LogP contribution in [0.1, 0.15) is 35.8 Å². The van der Waals surface area contributed by atoms with Crippen LogP contribution in [0.5, 0.6) is 0 Å². The Bertz CT molecular complexity index is 923. The van der Waals surface area contributed by atoms with Crippen molar-refractivity contribution in [3.63, 3.8) is 0 Å². The number of amides is 1. The lowest BCUT2D eigenvalue weighted by molar-refractivity contribution is -0.120. The van der Waals surface area contributed by atoms with Gasteiger partial charge in [0.25, 0.3) is 0 Å². The van der Waals surface area contributed by atoms with Gasteiger partial charge in [-0.05, 0) is 43.7 Å². The molecule has 2 heterocycles. The third-order valence-electron chi connectivity index (χ3n) is 4.68. The highest BCUT2D eigenvalue weighted by molar-refractivity contribution is 8.00. The molecule has 2 aromatic heterocycles. The Morgan fingerprint density at radius 1 is 1.23 bits per heavy atom. The van der Waals surface area contributed by atoms with Gasteiger partial charge in [-0.1, -0.05) is 42.1 Å². The molecule has 134 valence electrons. The minimum atomic E-state index is -0.198. The number of carbonyl (C=O) groups excluding carboxylic acids is 1. The van der Waals surface area contributed by atoms with Crippen LogP contribution < -0.4 is 5.32 Å². The quantitative estimate of drug-likeness (QED) is 0.525. The van der Waals surface area contributed by atoms with Crippen molar-refractivity contribution < 1.29 is 4.79 Å². The number of hydrogen-bond acceptors (Lipinski definition) is 5. The predicted molar refractivity (Wildman–Crippen MR) is 108 cm³/mol. The summed E-state index contributed by atoms with van der Waals surface area (Å²) in [6.45, 7) is 2.50. The van der Waals surface area contributed by atoms with Gasteiger partial charge in [0.05, 0.1) is 5.25 Å². The minimum Gasteiger partial charge on any atom is -0.351 e. The zero-order chi connectivity index (χ0) is 17.9. The molecule has 4 rings (SSSR count). The molecule has 0 spiro atoms. The number of rotatable bonds is 5. The topological polar surface area (TPSA) is 54.9 Å². The predicted octanol–water partition coefficient (Wildman–Crippen LogP) is 4.37. The lowest BCUT2D eigenvalue weighted by atomic mass is 9.97. The lowest BCUT2D eigenvalue weighted by Gasteiger charge is -2.14. The van der Waals surface area contributed by atoms with Crippen LogP contribution in [0.3, 0.4) is 0 Å². The van der Waals surface area contributed by atoms with Crippen LogP contribution in [-0.2, 0) is 24.2 Å². The maximum absolute atomic E-state index is 12.5. The standard InChI is InChI=1S/C20H21N3OS2/c1-13(18(24)21-11-14-7-3-2-4-8-14)25-19-17-15-9-5-6-10-16(15)26-20(17)23-12-22-19/h2-4,7-8,12-13H,5-6,9-11H2,1H3,(H,21,24)/t13-/m0/s1. The molecular formula is C20H21N3OS2. The van der Waals surface area contributed by atoms with E-state index in [0.29, 0.717) is 6.54 Å². The van der Waals surface area contributed by atoms with Crippen molar-refractivity contribution in [3.05, 3.63) is 52.7 Å². The van der Waals surface area contributed by atoms with Gasteiger partial charge < -0.3 is 5.32 Å². The van der Waals surface area contributed by atoms with Crippen molar-refractivity contribution >= 4 is 39.2 Å². The van der Waals surface area contributed by atoms with Crippen molar-refractivity contribution in [1.82, 2.24) is 15.3 Å². The fraction of sp³-hybridized carbons (Fsp3) is 0.350. The van der Waals surface area contributed by atoms with Gasteiger partial charge in [-0.15, -0.1) is 11.3 Å². The molecule has 1 aromatic carbocycles. The zero-order valence-corrected chi connectivity index (χ0v) is 16.3. The van der Waals surface area contributed by atoms with Crippen LogP contribution >= 0.6 is 23.1 Å². The third-order valence-corrected chi connectivity index (χ3v) is 6.98. The smallest absolute Gasteiger partial charge is 0.233 e. The number of fused-ring (bicyclic) bond motifs is 3. The zero-order valence-electron chi connectivity index (χ0n) is 14.7. The van der Waals surface area contributed by atoms with E-state index in [1.165, 1.54) is 40.4 Å². The van der Waals surface area contributed by atoms with Gasteiger partial charge in [-0.25, -0.2) is 9.97 Å². The molecule has 3 aromatic rings. The summed E-state index contributed by atoms with van der Waals surface area (Å²) in [5.41, 5.74) is 2.52. The van der Waals surface area contributed by atoms with Gasteiger partial charge >= 0.3 is 0 Å². The monoisotopic (exact) mass is 383 g/mol. The minimum absolute atomic E-state index is 0.0368. The summed E-state index contributed by atoms with van der Waals surface area (Å²) in [7, 11) is 0. The molecule has 0 saturated carbocycles. The summed E-state index contributed by atoms with van der Waals surface area (Å²) >= 11 is 3.33. The number of nitrogens with zero attached hydrogens (tertiary/aromatic N) is 2. The van der Waals surface area contributed by atoms with Gasteiger partial charge in [-0.2, -0.15) is 0 Å². The summed E-state index contributed by atoms with van der Waals surface area (Å²) in [5, 5.41) is 4.95. The highest BCUT2D eigenvalue weighted by atomic mass is 32.2. The second-order valence-corrected chi connectivity index (χ2v) is 8.95. The van der Waals surface area contributed by atoms with Crippen LogP contribution in [0.15, 0.2) is 41.7 Å². The summed E-state index contributed by atoms with van der Waals surface area (Å²) in [4.78, 5) is 24.0. The Morgan fingerprint density at radius 3 is 2.88 bits per heavy atom. The van der Waals surface area contributed by atoms with Crippen LogP contribution in [0.25, 0.3) is 10.2 Å². The number of benzene rings is 1. The summed E-state index contributed by atoms with van der Waals surface area (Å²) in [5.74, 6) is 0.0368. The molecule has 6 heteroatoms. The normalized spacial score (nSPS) is 14.8. The molecule has 0 fully saturated rings. The largest absolute Gasteiger partial charge is 0.351 e. The van der Waals surface area contributed by atoms with Gasteiger partial charge in [0, 0.05) is 16.8 Å².